The third-order valence-corrected chi connectivity index (χ3v) is 3.18. The summed E-state index contributed by atoms with van der Waals surface area (Å²) in [6.07, 6.45) is 0. The van der Waals surface area contributed by atoms with E-state index in [-0.39, 0.29) is 36.8 Å². The number of nitro benzene ring substituents is 1. The maximum Gasteiger partial charge on any atom is 0.361 e. The summed E-state index contributed by atoms with van der Waals surface area (Å²) in [5.74, 6) is -1.63. The van der Waals surface area contributed by atoms with E-state index < -0.39 is 16.9 Å². The lowest BCUT2D eigenvalue weighted by Gasteiger charge is -2.08. The highest BCUT2D eigenvalue weighted by Crippen LogP contribution is 2.20. The normalized spacial score (nSPS) is 10.3. The van der Waals surface area contributed by atoms with E-state index in [4.69, 9.17) is 9.47 Å². The number of carbonyl (C=O) groups excluding carboxylic acids is 2. The van der Waals surface area contributed by atoms with Gasteiger partial charge in [0, 0.05) is 6.07 Å². The molecule has 0 bridgehead atoms. The molecule has 0 spiro atoms. The molecular weight excluding hydrogens is 332 g/mol. The van der Waals surface area contributed by atoms with Crippen molar-refractivity contribution < 1.29 is 24.0 Å². The summed E-state index contributed by atoms with van der Waals surface area (Å²) in [5, 5.41) is 18.6. The molecule has 2 rings (SSSR count). The Balaban J connectivity index is 2.46. The molecule has 0 saturated carbocycles. The topological polar surface area (TPSA) is 126 Å². The van der Waals surface area contributed by atoms with Gasteiger partial charge >= 0.3 is 11.9 Å². The van der Waals surface area contributed by atoms with Crippen LogP contribution >= 0.6 is 0 Å². The van der Waals surface area contributed by atoms with Gasteiger partial charge in [-0.25, -0.2) is 14.3 Å². The van der Waals surface area contributed by atoms with Gasteiger partial charge in [0.1, 0.15) is 0 Å². The highest BCUT2D eigenvalue weighted by molar-refractivity contribution is 6.00. The summed E-state index contributed by atoms with van der Waals surface area (Å²) in [6, 6.07) is 6.01. The second-order valence-corrected chi connectivity index (χ2v) is 4.77. The molecule has 0 N–H and O–H groups in total. The number of esters is 2. The number of carbonyl (C=O) groups is 2. The molecule has 0 aliphatic rings. The Morgan fingerprint density at radius 2 is 1.80 bits per heavy atom. The van der Waals surface area contributed by atoms with Crippen LogP contribution in [0.25, 0.3) is 0 Å². The van der Waals surface area contributed by atoms with E-state index in [1.807, 2.05) is 0 Å². The Bertz CT molecular complexity index is 801. The Morgan fingerprint density at radius 1 is 1.16 bits per heavy atom. The summed E-state index contributed by atoms with van der Waals surface area (Å²) >= 11 is 0. The Hall–Kier alpha value is -3.30. The summed E-state index contributed by atoms with van der Waals surface area (Å²) in [7, 11) is 0. The highest BCUT2D eigenvalue weighted by Gasteiger charge is 2.28. The molecule has 1 aromatic carbocycles. The van der Waals surface area contributed by atoms with Crippen LogP contribution in [0.5, 0.6) is 0 Å². The van der Waals surface area contributed by atoms with Crippen molar-refractivity contribution in [1.82, 2.24) is 15.0 Å². The van der Waals surface area contributed by atoms with E-state index in [1.165, 1.54) is 18.2 Å². The molecule has 0 unspecified atom stereocenters. The highest BCUT2D eigenvalue weighted by atomic mass is 16.6. The molecule has 0 saturated heterocycles. The number of para-hydroxylation sites is 1. The van der Waals surface area contributed by atoms with Crippen LogP contribution in [0.1, 0.15) is 40.4 Å². The zero-order valence-corrected chi connectivity index (χ0v) is 13.7. The third kappa shape index (κ3) is 3.97. The van der Waals surface area contributed by atoms with Gasteiger partial charge < -0.3 is 9.47 Å². The number of aromatic nitrogens is 3. The molecule has 1 aromatic heterocycles. The van der Waals surface area contributed by atoms with Crippen molar-refractivity contribution in [2.45, 2.75) is 20.4 Å². The van der Waals surface area contributed by atoms with Gasteiger partial charge in [0.05, 0.1) is 30.2 Å². The number of rotatable bonds is 7. The molecule has 0 aliphatic heterocycles. The Morgan fingerprint density at radius 3 is 2.44 bits per heavy atom. The maximum absolute atomic E-state index is 12.2. The van der Waals surface area contributed by atoms with Crippen molar-refractivity contribution in [3.8, 4) is 0 Å². The molecule has 2 aromatic rings. The molecule has 0 atom stereocenters. The van der Waals surface area contributed by atoms with Crippen molar-refractivity contribution in [3.05, 3.63) is 51.3 Å². The van der Waals surface area contributed by atoms with E-state index in [0.29, 0.717) is 5.56 Å². The van der Waals surface area contributed by atoms with Crippen LogP contribution in [-0.2, 0) is 16.0 Å². The minimum Gasteiger partial charge on any atom is -0.461 e. The SMILES string of the molecule is CCOC(=O)c1nnn(Cc2ccccc2[N+](=O)[O-])c1C(=O)OCC. The van der Waals surface area contributed by atoms with Crippen LogP contribution in [0.4, 0.5) is 5.69 Å². The number of benzene rings is 1. The predicted octanol–water partition coefficient (Wildman–Crippen LogP) is 1.59. The largest absolute Gasteiger partial charge is 0.461 e. The van der Waals surface area contributed by atoms with Gasteiger partial charge in [0.2, 0.25) is 5.69 Å². The predicted molar refractivity (Wildman–Crippen MR) is 84.1 cm³/mol. The number of hydrogen-bond donors (Lipinski definition) is 0. The monoisotopic (exact) mass is 348 g/mol. The van der Waals surface area contributed by atoms with Crippen LogP contribution in [0.15, 0.2) is 24.3 Å². The van der Waals surface area contributed by atoms with E-state index >= 15 is 0 Å². The molecule has 10 heteroatoms. The summed E-state index contributed by atoms with van der Waals surface area (Å²) in [6.45, 7) is 3.27. The van der Waals surface area contributed by atoms with Gasteiger partial charge in [-0.15, -0.1) is 5.10 Å². The Labute approximate surface area is 142 Å². The molecule has 0 fully saturated rings. The molecule has 1 heterocycles. The molecule has 132 valence electrons. The van der Waals surface area contributed by atoms with Gasteiger partial charge in [0.15, 0.2) is 5.69 Å². The molecule has 0 radical (unpaired) electrons. The van der Waals surface area contributed by atoms with Gasteiger partial charge in [-0.05, 0) is 13.8 Å². The number of nitrogens with zero attached hydrogens (tertiary/aromatic N) is 4. The van der Waals surface area contributed by atoms with Crippen molar-refractivity contribution >= 4 is 17.6 Å². The van der Waals surface area contributed by atoms with Crippen molar-refractivity contribution in [3.63, 3.8) is 0 Å². The zero-order valence-electron chi connectivity index (χ0n) is 13.7. The molecule has 10 nitrogen and oxygen atoms in total. The fourth-order valence-electron chi connectivity index (χ4n) is 2.15. The van der Waals surface area contributed by atoms with Gasteiger partial charge in [-0.3, -0.25) is 10.1 Å². The van der Waals surface area contributed by atoms with Crippen LogP contribution < -0.4 is 0 Å². The van der Waals surface area contributed by atoms with Gasteiger partial charge in [0.25, 0.3) is 5.69 Å². The fourth-order valence-corrected chi connectivity index (χ4v) is 2.15. The van der Waals surface area contributed by atoms with E-state index in [0.717, 1.165) is 4.68 Å². The first-order valence-electron chi connectivity index (χ1n) is 7.49. The van der Waals surface area contributed by atoms with Crippen LogP contribution in [0, 0.1) is 10.1 Å². The van der Waals surface area contributed by atoms with Crippen molar-refractivity contribution in [2.75, 3.05) is 13.2 Å². The average Bonchev–Trinajstić information content (AvgIpc) is 2.99. The quantitative estimate of drug-likeness (QED) is 0.419. The first-order chi connectivity index (χ1) is 12.0. The van der Waals surface area contributed by atoms with Crippen LogP contribution in [0.2, 0.25) is 0 Å². The summed E-state index contributed by atoms with van der Waals surface area (Å²) < 4.78 is 10.9. The lowest BCUT2D eigenvalue weighted by atomic mass is 10.2. The summed E-state index contributed by atoms with van der Waals surface area (Å²) in [4.78, 5) is 34.7. The first kappa shape index (κ1) is 18.0. The molecule has 25 heavy (non-hydrogen) atoms. The number of hydrogen-bond acceptors (Lipinski definition) is 8. The van der Waals surface area contributed by atoms with Crippen LogP contribution in [-0.4, -0.2) is 45.1 Å². The summed E-state index contributed by atoms with van der Waals surface area (Å²) in [5.41, 5.74) is -0.332. The van der Waals surface area contributed by atoms with Crippen molar-refractivity contribution in [1.29, 1.82) is 0 Å². The Kier molecular flexibility index (Phi) is 5.77. The second-order valence-electron chi connectivity index (χ2n) is 4.77. The van der Waals surface area contributed by atoms with E-state index in [2.05, 4.69) is 10.3 Å². The molecular formula is C15H16N4O6. The van der Waals surface area contributed by atoms with E-state index in [9.17, 15) is 19.7 Å². The second kappa shape index (κ2) is 7.99. The van der Waals surface area contributed by atoms with Gasteiger partial charge in [-0.2, -0.15) is 0 Å². The van der Waals surface area contributed by atoms with E-state index in [1.54, 1.807) is 19.9 Å². The lowest BCUT2D eigenvalue weighted by Crippen LogP contribution is -2.18. The minimum atomic E-state index is -0.820. The lowest BCUT2D eigenvalue weighted by molar-refractivity contribution is -0.385. The number of ether oxygens (including phenoxy) is 2. The third-order valence-electron chi connectivity index (χ3n) is 3.18. The average molecular weight is 348 g/mol. The standard InChI is InChI=1S/C15H16N4O6/c1-3-24-14(20)12-13(15(21)25-4-2)18(17-16-12)9-10-7-5-6-8-11(10)19(22)23/h5-8H,3-4,9H2,1-2H3. The van der Waals surface area contributed by atoms with Crippen LogP contribution in [0.3, 0.4) is 0 Å². The number of nitro groups is 1. The minimum absolute atomic E-state index is 0.0811. The maximum atomic E-state index is 12.2. The zero-order chi connectivity index (χ0) is 18.4. The molecule has 0 aliphatic carbocycles. The smallest absolute Gasteiger partial charge is 0.361 e. The van der Waals surface area contributed by atoms with Crippen molar-refractivity contribution in [2.24, 2.45) is 0 Å². The first-order valence-corrected chi connectivity index (χ1v) is 7.49. The van der Waals surface area contributed by atoms with Gasteiger partial charge in [-0.1, -0.05) is 23.4 Å². The fraction of sp³-hybridized carbons (Fsp3) is 0.333. The molecule has 0 amide bonds.